The minimum absolute atomic E-state index is 0.174. The summed E-state index contributed by atoms with van der Waals surface area (Å²) in [4.78, 5) is 29.2. The molecule has 0 aromatic heterocycles. The van der Waals surface area contributed by atoms with Crippen molar-refractivity contribution in [2.45, 2.75) is 33.2 Å². The van der Waals surface area contributed by atoms with Crippen LogP contribution in [-0.2, 0) is 4.79 Å². The molecule has 3 amide bonds. The number of hydrogen-bond donors (Lipinski definition) is 1. The fraction of sp³-hybridized carbons (Fsp3) is 0.316. The van der Waals surface area contributed by atoms with Gasteiger partial charge >= 0.3 is 6.03 Å². The summed E-state index contributed by atoms with van der Waals surface area (Å²) in [5, 5.41) is 2.60. The molecule has 1 aromatic rings. The number of hydrogen-bond acceptors (Lipinski definition) is 5. The molecule has 1 aromatic carbocycles. The predicted octanol–water partition coefficient (Wildman–Crippen LogP) is 3.16. The number of carbonyl (C=O) groups is 2. The zero-order valence-electron chi connectivity index (χ0n) is 15.4. The van der Waals surface area contributed by atoms with Gasteiger partial charge in [0.1, 0.15) is 17.5 Å². The zero-order chi connectivity index (χ0) is 19.3. The van der Waals surface area contributed by atoms with Gasteiger partial charge in [-0.25, -0.2) is 14.7 Å². The van der Waals surface area contributed by atoms with Gasteiger partial charge in [-0.3, -0.25) is 4.79 Å². The van der Waals surface area contributed by atoms with Crippen LogP contribution in [0, 0.1) is 6.92 Å². The minimum Gasteiger partial charge on any atom is -0.496 e. The van der Waals surface area contributed by atoms with Crippen molar-refractivity contribution in [1.82, 2.24) is 10.2 Å². The van der Waals surface area contributed by atoms with E-state index in [2.05, 4.69) is 16.9 Å². The van der Waals surface area contributed by atoms with E-state index >= 15 is 0 Å². The molecule has 1 heterocycles. The molecule has 0 unspecified atom stereocenters. The Morgan fingerprint density at radius 3 is 2.73 bits per heavy atom. The number of aliphatic imine (C=N–C) groups is 1. The van der Waals surface area contributed by atoms with Crippen molar-refractivity contribution in [3.63, 3.8) is 0 Å². The standard InChI is InChI=1S/C19H23N3O4/c1-6-15-18(23)22(19(24)21-15)13(4)11-20-17(7-2)26-14-9-8-12(3)16(10-14)25-5/h7-11,15H,4,6H2,1-3,5H3,(H,21,24)/b17-7+,20-11-/t15-/m1/s1. The maximum absolute atomic E-state index is 12.2. The Kier molecular flexibility index (Phi) is 6.16. The Labute approximate surface area is 153 Å². The average Bonchev–Trinajstić information content (AvgIpc) is 2.93. The first-order chi connectivity index (χ1) is 12.4. The summed E-state index contributed by atoms with van der Waals surface area (Å²) in [5.41, 5.74) is 1.16. The second-order valence-electron chi connectivity index (χ2n) is 5.69. The highest BCUT2D eigenvalue weighted by molar-refractivity contribution is 6.09. The number of allylic oxidation sites excluding steroid dienone is 2. The first kappa shape index (κ1) is 19.2. The van der Waals surface area contributed by atoms with Crippen LogP contribution in [0.3, 0.4) is 0 Å². The molecule has 1 fully saturated rings. The molecule has 2 rings (SSSR count). The van der Waals surface area contributed by atoms with E-state index in [9.17, 15) is 9.59 Å². The van der Waals surface area contributed by atoms with Crippen LogP contribution in [-0.4, -0.2) is 36.2 Å². The molecule has 1 atom stereocenters. The SMILES string of the molecule is C=C(/C=N\C(=C/C)Oc1ccc(C)c(OC)c1)N1C(=O)N[C@H](CC)C1=O. The van der Waals surface area contributed by atoms with Crippen LogP contribution in [0.4, 0.5) is 4.79 Å². The van der Waals surface area contributed by atoms with Crippen LogP contribution in [0.5, 0.6) is 11.5 Å². The molecule has 7 heteroatoms. The van der Waals surface area contributed by atoms with Crippen molar-refractivity contribution in [3.05, 3.63) is 48.0 Å². The first-order valence-electron chi connectivity index (χ1n) is 8.27. The summed E-state index contributed by atoms with van der Waals surface area (Å²) in [6.07, 6.45) is 3.51. The van der Waals surface area contributed by atoms with E-state index in [0.717, 1.165) is 10.5 Å². The van der Waals surface area contributed by atoms with Crippen molar-refractivity contribution < 1.29 is 19.1 Å². The molecule has 1 aliphatic rings. The number of imide groups is 1. The lowest BCUT2D eigenvalue weighted by molar-refractivity contribution is -0.125. The highest BCUT2D eigenvalue weighted by Gasteiger charge is 2.37. The Morgan fingerprint density at radius 2 is 2.15 bits per heavy atom. The van der Waals surface area contributed by atoms with E-state index < -0.39 is 12.1 Å². The average molecular weight is 357 g/mol. The number of methoxy groups -OCH3 is 1. The van der Waals surface area contributed by atoms with Gasteiger partial charge in [0.05, 0.1) is 19.0 Å². The number of aryl methyl sites for hydroxylation is 1. The fourth-order valence-corrected chi connectivity index (χ4v) is 2.42. The molecule has 1 saturated heterocycles. The number of nitrogens with zero attached hydrogens (tertiary/aromatic N) is 2. The summed E-state index contributed by atoms with van der Waals surface area (Å²) in [6, 6.07) is 4.42. The van der Waals surface area contributed by atoms with Gasteiger partial charge in [-0.1, -0.05) is 19.6 Å². The molecule has 0 aliphatic carbocycles. The smallest absolute Gasteiger partial charge is 0.329 e. The van der Waals surface area contributed by atoms with Gasteiger partial charge in [-0.15, -0.1) is 0 Å². The fourth-order valence-electron chi connectivity index (χ4n) is 2.42. The summed E-state index contributed by atoms with van der Waals surface area (Å²) < 4.78 is 11.0. The van der Waals surface area contributed by atoms with Gasteiger partial charge in [0.15, 0.2) is 0 Å². The van der Waals surface area contributed by atoms with Crippen molar-refractivity contribution in [1.29, 1.82) is 0 Å². The molecule has 1 aliphatic heterocycles. The summed E-state index contributed by atoms with van der Waals surface area (Å²) >= 11 is 0. The third-order valence-corrected chi connectivity index (χ3v) is 3.90. The second kappa shape index (κ2) is 8.33. The number of ether oxygens (including phenoxy) is 2. The van der Waals surface area contributed by atoms with Gasteiger partial charge in [0, 0.05) is 6.07 Å². The highest BCUT2D eigenvalue weighted by atomic mass is 16.5. The van der Waals surface area contributed by atoms with Crippen molar-refractivity contribution in [2.24, 2.45) is 4.99 Å². The number of nitrogens with one attached hydrogen (secondary N) is 1. The normalized spacial score (nSPS) is 17.6. The Bertz CT molecular complexity index is 783. The molecule has 0 radical (unpaired) electrons. The lowest BCUT2D eigenvalue weighted by Gasteiger charge is -2.12. The highest BCUT2D eigenvalue weighted by Crippen LogP contribution is 2.25. The number of rotatable bonds is 7. The second-order valence-corrected chi connectivity index (χ2v) is 5.69. The third kappa shape index (κ3) is 4.11. The zero-order valence-corrected chi connectivity index (χ0v) is 15.4. The Balaban J connectivity index is 2.09. The quantitative estimate of drug-likeness (QED) is 0.462. The van der Waals surface area contributed by atoms with E-state index in [4.69, 9.17) is 9.47 Å². The van der Waals surface area contributed by atoms with Gasteiger partial charge in [0.25, 0.3) is 5.91 Å². The molecule has 0 spiro atoms. The summed E-state index contributed by atoms with van der Waals surface area (Å²) in [6.45, 7) is 9.27. The summed E-state index contributed by atoms with van der Waals surface area (Å²) in [7, 11) is 1.59. The van der Waals surface area contributed by atoms with Crippen molar-refractivity contribution in [3.8, 4) is 11.5 Å². The van der Waals surface area contributed by atoms with E-state index in [0.29, 0.717) is 23.8 Å². The van der Waals surface area contributed by atoms with E-state index in [1.807, 2.05) is 19.9 Å². The predicted molar refractivity (Wildman–Crippen MR) is 99.2 cm³/mol. The number of carbonyl (C=O) groups excluding carboxylic acids is 2. The molecular formula is C19H23N3O4. The summed E-state index contributed by atoms with van der Waals surface area (Å²) in [5.74, 6) is 1.23. The monoisotopic (exact) mass is 357 g/mol. The van der Waals surface area contributed by atoms with Gasteiger partial charge in [-0.05, 0) is 38.0 Å². The largest absolute Gasteiger partial charge is 0.496 e. The molecule has 0 bridgehead atoms. The molecular weight excluding hydrogens is 334 g/mol. The van der Waals surface area contributed by atoms with Gasteiger partial charge in [-0.2, -0.15) is 0 Å². The molecule has 138 valence electrons. The Morgan fingerprint density at radius 1 is 1.42 bits per heavy atom. The van der Waals surface area contributed by atoms with E-state index in [1.54, 1.807) is 32.2 Å². The number of amides is 3. The van der Waals surface area contributed by atoms with Crippen LogP contribution in [0.25, 0.3) is 0 Å². The maximum atomic E-state index is 12.2. The van der Waals surface area contributed by atoms with Crippen LogP contribution in [0.15, 0.2) is 47.4 Å². The topological polar surface area (TPSA) is 80.2 Å². The van der Waals surface area contributed by atoms with Gasteiger partial charge < -0.3 is 14.8 Å². The van der Waals surface area contributed by atoms with E-state index in [1.165, 1.54) is 6.21 Å². The van der Waals surface area contributed by atoms with Crippen LogP contribution >= 0.6 is 0 Å². The molecule has 0 saturated carbocycles. The lowest BCUT2D eigenvalue weighted by atomic mass is 10.2. The van der Waals surface area contributed by atoms with Crippen LogP contribution in [0.2, 0.25) is 0 Å². The van der Waals surface area contributed by atoms with Gasteiger partial charge in [0.2, 0.25) is 5.88 Å². The maximum Gasteiger partial charge on any atom is 0.329 e. The molecule has 7 nitrogen and oxygen atoms in total. The van der Waals surface area contributed by atoms with Crippen molar-refractivity contribution in [2.75, 3.05) is 7.11 Å². The van der Waals surface area contributed by atoms with Crippen molar-refractivity contribution >= 4 is 18.2 Å². The van der Waals surface area contributed by atoms with Crippen LogP contribution in [0.1, 0.15) is 25.8 Å². The number of benzene rings is 1. The van der Waals surface area contributed by atoms with E-state index in [-0.39, 0.29) is 11.6 Å². The number of urea groups is 1. The Hall–Kier alpha value is -3.09. The minimum atomic E-state index is -0.523. The van der Waals surface area contributed by atoms with Crippen LogP contribution < -0.4 is 14.8 Å². The molecule has 26 heavy (non-hydrogen) atoms. The first-order valence-corrected chi connectivity index (χ1v) is 8.27. The lowest BCUT2D eigenvalue weighted by Crippen LogP contribution is -2.30. The third-order valence-electron chi connectivity index (χ3n) is 3.90. The molecule has 1 N–H and O–H groups in total.